The molecule has 0 bridgehead atoms. The van der Waals surface area contributed by atoms with E-state index in [0.717, 1.165) is 11.4 Å². The second-order valence-electron chi connectivity index (χ2n) is 5.56. The van der Waals surface area contributed by atoms with Gasteiger partial charge < -0.3 is 10.0 Å². The molecule has 0 radical (unpaired) electrons. The number of carbonyl (C=O) groups is 2. The maximum absolute atomic E-state index is 12.6. The Morgan fingerprint density at radius 2 is 2.13 bits per heavy atom. The monoisotopic (exact) mass is 333 g/mol. The smallest absolute Gasteiger partial charge is 0.326 e. The van der Waals surface area contributed by atoms with Gasteiger partial charge in [0.15, 0.2) is 5.69 Å². The number of halogens is 1. The first kappa shape index (κ1) is 15.6. The molecule has 1 fully saturated rings. The van der Waals surface area contributed by atoms with E-state index in [-0.39, 0.29) is 11.6 Å². The highest BCUT2D eigenvalue weighted by atomic mass is 35.5. The van der Waals surface area contributed by atoms with E-state index in [0.29, 0.717) is 24.4 Å². The summed E-state index contributed by atoms with van der Waals surface area (Å²) in [6, 6.07) is 8.07. The van der Waals surface area contributed by atoms with E-state index < -0.39 is 12.0 Å². The third-order valence-electron chi connectivity index (χ3n) is 3.96. The summed E-state index contributed by atoms with van der Waals surface area (Å²) in [5, 5.41) is 14.1. The molecule has 2 aromatic rings. The average molecular weight is 334 g/mol. The quantitative estimate of drug-likeness (QED) is 0.936. The molecule has 7 heteroatoms. The number of likely N-dealkylation sites (tertiary alicyclic amines) is 1. The van der Waals surface area contributed by atoms with Crippen LogP contribution < -0.4 is 0 Å². The number of carbonyl (C=O) groups excluding carboxylic acids is 1. The topological polar surface area (TPSA) is 75.4 Å². The highest BCUT2D eigenvalue weighted by Crippen LogP contribution is 2.22. The van der Waals surface area contributed by atoms with Crippen molar-refractivity contribution in [2.45, 2.75) is 25.8 Å². The number of nitrogens with zero attached hydrogens (tertiary/aromatic N) is 3. The SMILES string of the molecule is Cc1cc(C(=O)N2CCC[C@H]2C(=O)O)nn1-c1cccc(Cl)c1. The van der Waals surface area contributed by atoms with Gasteiger partial charge in [0.05, 0.1) is 5.69 Å². The Hall–Kier alpha value is -2.34. The first-order chi connectivity index (χ1) is 11.0. The summed E-state index contributed by atoms with van der Waals surface area (Å²) in [5.74, 6) is -1.32. The van der Waals surface area contributed by atoms with Gasteiger partial charge in [-0.2, -0.15) is 5.10 Å². The molecule has 3 rings (SSSR count). The van der Waals surface area contributed by atoms with E-state index in [1.807, 2.05) is 13.0 Å². The summed E-state index contributed by atoms with van der Waals surface area (Å²) in [5.41, 5.74) is 1.78. The molecular weight excluding hydrogens is 318 g/mol. The van der Waals surface area contributed by atoms with Crippen LogP contribution in [-0.4, -0.2) is 44.3 Å². The van der Waals surface area contributed by atoms with E-state index >= 15 is 0 Å². The lowest BCUT2D eigenvalue weighted by molar-refractivity contribution is -0.141. The van der Waals surface area contributed by atoms with Crippen LogP contribution in [0.2, 0.25) is 5.02 Å². The number of aryl methyl sites for hydroxylation is 1. The number of aliphatic carboxylic acids is 1. The maximum Gasteiger partial charge on any atom is 0.326 e. The summed E-state index contributed by atoms with van der Waals surface area (Å²) in [6.45, 7) is 2.28. The van der Waals surface area contributed by atoms with Crippen LogP contribution in [0.5, 0.6) is 0 Å². The van der Waals surface area contributed by atoms with Crippen LogP contribution in [0.15, 0.2) is 30.3 Å². The number of amides is 1. The molecule has 0 spiro atoms. The van der Waals surface area contributed by atoms with Crippen LogP contribution >= 0.6 is 11.6 Å². The fourth-order valence-corrected chi connectivity index (χ4v) is 3.05. The largest absolute Gasteiger partial charge is 0.480 e. The number of rotatable bonds is 3. The lowest BCUT2D eigenvalue weighted by Gasteiger charge is -2.20. The van der Waals surface area contributed by atoms with Crippen LogP contribution in [0.1, 0.15) is 29.0 Å². The van der Waals surface area contributed by atoms with Gasteiger partial charge in [-0.05, 0) is 44.0 Å². The van der Waals surface area contributed by atoms with Gasteiger partial charge in [-0.3, -0.25) is 4.79 Å². The van der Waals surface area contributed by atoms with Crippen molar-refractivity contribution in [1.29, 1.82) is 0 Å². The zero-order valence-corrected chi connectivity index (χ0v) is 13.3. The normalized spacial score (nSPS) is 17.5. The Morgan fingerprint density at radius 1 is 1.35 bits per heavy atom. The molecular formula is C16H16ClN3O3. The molecule has 120 valence electrons. The van der Waals surface area contributed by atoms with E-state index in [2.05, 4.69) is 5.10 Å². The van der Waals surface area contributed by atoms with Crippen molar-refractivity contribution in [2.75, 3.05) is 6.54 Å². The minimum absolute atomic E-state index is 0.246. The van der Waals surface area contributed by atoms with Crippen molar-refractivity contribution in [3.8, 4) is 5.69 Å². The van der Waals surface area contributed by atoms with Gasteiger partial charge in [-0.15, -0.1) is 0 Å². The first-order valence-electron chi connectivity index (χ1n) is 7.34. The summed E-state index contributed by atoms with van der Waals surface area (Å²) >= 11 is 5.99. The summed E-state index contributed by atoms with van der Waals surface area (Å²) in [4.78, 5) is 25.2. The third kappa shape index (κ3) is 2.94. The molecule has 2 heterocycles. The van der Waals surface area contributed by atoms with E-state index in [1.54, 1.807) is 28.9 Å². The highest BCUT2D eigenvalue weighted by molar-refractivity contribution is 6.30. The number of hydrogen-bond acceptors (Lipinski definition) is 3. The van der Waals surface area contributed by atoms with Gasteiger partial charge in [0.1, 0.15) is 6.04 Å². The zero-order chi connectivity index (χ0) is 16.6. The number of hydrogen-bond donors (Lipinski definition) is 1. The molecule has 1 aliphatic heterocycles. The Balaban J connectivity index is 1.91. The van der Waals surface area contributed by atoms with Crippen molar-refractivity contribution in [3.63, 3.8) is 0 Å². The molecule has 23 heavy (non-hydrogen) atoms. The van der Waals surface area contributed by atoms with Crippen molar-refractivity contribution in [1.82, 2.24) is 14.7 Å². The zero-order valence-electron chi connectivity index (χ0n) is 12.6. The van der Waals surface area contributed by atoms with E-state index in [1.165, 1.54) is 4.90 Å². The molecule has 0 aliphatic carbocycles. The molecule has 1 aliphatic rings. The van der Waals surface area contributed by atoms with Crippen molar-refractivity contribution in [2.24, 2.45) is 0 Å². The molecule has 0 unspecified atom stereocenters. The second kappa shape index (κ2) is 6.04. The third-order valence-corrected chi connectivity index (χ3v) is 4.19. The summed E-state index contributed by atoms with van der Waals surface area (Å²) < 4.78 is 1.63. The number of carboxylic acids is 1. The summed E-state index contributed by atoms with van der Waals surface area (Å²) in [7, 11) is 0. The van der Waals surface area contributed by atoms with E-state index in [9.17, 15) is 14.7 Å². The molecule has 6 nitrogen and oxygen atoms in total. The minimum atomic E-state index is -0.971. The first-order valence-corrected chi connectivity index (χ1v) is 7.71. The van der Waals surface area contributed by atoms with Gasteiger partial charge in [0.2, 0.25) is 0 Å². The molecule has 1 atom stereocenters. The minimum Gasteiger partial charge on any atom is -0.480 e. The van der Waals surface area contributed by atoms with Crippen LogP contribution in [0.25, 0.3) is 5.69 Å². The molecule has 0 saturated carbocycles. The highest BCUT2D eigenvalue weighted by Gasteiger charge is 2.35. The van der Waals surface area contributed by atoms with E-state index in [4.69, 9.17) is 11.6 Å². The lowest BCUT2D eigenvalue weighted by Crippen LogP contribution is -2.40. The number of aromatic nitrogens is 2. The molecule has 1 N–H and O–H groups in total. The van der Waals surface area contributed by atoms with Gasteiger partial charge in [0.25, 0.3) is 5.91 Å². The summed E-state index contributed by atoms with van der Waals surface area (Å²) in [6.07, 6.45) is 1.17. The molecule has 1 aromatic carbocycles. The number of carboxylic acid groups (broad SMARTS) is 1. The van der Waals surface area contributed by atoms with Gasteiger partial charge in [0, 0.05) is 17.3 Å². The van der Waals surface area contributed by atoms with Gasteiger partial charge >= 0.3 is 5.97 Å². The Kier molecular flexibility index (Phi) is 4.09. The van der Waals surface area contributed by atoms with Crippen LogP contribution in [-0.2, 0) is 4.79 Å². The molecule has 1 amide bonds. The van der Waals surface area contributed by atoms with Gasteiger partial charge in [-0.1, -0.05) is 17.7 Å². The predicted octanol–water partition coefficient (Wildman–Crippen LogP) is 2.52. The second-order valence-corrected chi connectivity index (χ2v) is 5.99. The Morgan fingerprint density at radius 3 is 2.83 bits per heavy atom. The maximum atomic E-state index is 12.6. The predicted molar refractivity (Wildman–Crippen MR) is 85.0 cm³/mol. The van der Waals surface area contributed by atoms with Crippen molar-refractivity contribution < 1.29 is 14.7 Å². The van der Waals surface area contributed by atoms with Crippen molar-refractivity contribution in [3.05, 3.63) is 46.7 Å². The van der Waals surface area contributed by atoms with Crippen LogP contribution in [0, 0.1) is 6.92 Å². The van der Waals surface area contributed by atoms with Crippen molar-refractivity contribution >= 4 is 23.5 Å². The molecule has 1 saturated heterocycles. The van der Waals surface area contributed by atoms with Crippen LogP contribution in [0.4, 0.5) is 0 Å². The fourth-order valence-electron chi connectivity index (χ4n) is 2.86. The Labute approximate surface area is 138 Å². The lowest BCUT2D eigenvalue weighted by atomic mass is 10.2. The fraction of sp³-hybridized carbons (Fsp3) is 0.312. The number of benzene rings is 1. The Bertz CT molecular complexity index is 772. The molecule has 1 aromatic heterocycles. The standard InChI is InChI=1S/C16H16ClN3O3/c1-10-8-13(15(21)19-7-3-6-14(19)16(22)23)18-20(10)12-5-2-4-11(17)9-12/h2,4-5,8-9,14H,3,6-7H2,1H3,(H,22,23)/t14-/m0/s1. The van der Waals surface area contributed by atoms with Gasteiger partial charge in [-0.25, -0.2) is 9.48 Å². The van der Waals surface area contributed by atoms with Crippen LogP contribution in [0.3, 0.4) is 0 Å². The average Bonchev–Trinajstić information content (AvgIpc) is 3.13.